The predicted octanol–water partition coefficient (Wildman–Crippen LogP) is 5.63. The molecule has 41 heavy (non-hydrogen) atoms. The molecular formula is C30H31F3N4O4. The van der Waals surface area contributed by atoms with Crippen molar-refractivity contribution in [3.05, 3.63) is 101 Å². The van der Waals surface area contributed by atoms with Crippen LogP contribution in [0.4, 0.5) is 24.5 Å². The highest BCUT2D eigenvalue weighted by atomic mass is 19.4. The molecule has 1 heterocycles. The van der Waals surface area contributed by atoms with Crippen LogP contribution in [0.3, 0.4) is 0 Å². The summed E-state index contributed by atoms with van der Waals surface area (Å²) in [7, 11) is 2.11. The molecule has 0 saturated heterocycles. The second kappa shape index (κ2) is 13.6. The fourth-order valence-electron chi connectivity index (χ4n) is 4.26. The van der Waals surface area contributed by atoms with Crippen molar-refractivity contribution in [2.75, 3.05) is 17.7 Å². The Kier molecular flexibility index (Phi) is 10.3. The monoisotopic (exact) mass is 568 g/mol. The summed E-state index contributed by atoms with van der Waals surface area (Å²) in [6.45, 7) is 3.81. The number of primary amides is 1. The lowest BCUT2D eigenvalue weighted by molar-refractivity contribution is -0.192. The van der Waals surface area contributed by atoms with E-state index in [-0.39, 0.29) is 5.91 Å². The summed E-state index contributed by atoms with van der Waals surface area (Å²) in [5, 5.41) is 13.5. The number of benzene rings is 3. The van der Waals surface area contributed by atoms with Crippen LogP contribution in [0.1, 0.15) is 46.8 Å². The van der Waals surface area contributed by atoms with Crippen molar-refractivity contribution in [2.24, 2.45) is 5.73 Å². The molecule has 1 aliphatic heterocycles. The molecule has 216 valence electrons. The van der Waals surface area contributed by atoms with Crippen molar-refractivity contribution >= 4 is 34.7 Å². The largest absolute Gasteiger partial charge is 0.490 e. The number of anilines is 2. The van der Waals surface area contributed by atoms with Gasteiger partial charge in [0, 0.05) is 41.3 Å². The number of nitrogens with two attached hydrogens (primary N) is 1. The van der Waals surface area contributed by atoms with Gasteiger partial charge in [-0.15, -0.1) is 0 Å². The molecule has 0 aromatic heterocycles. The Balaban J connectivity index is 0.000000587. The maximum atomic E-state index is 12.8. The minimum Gasteiger partial charge on any atom is -0.475 e. The number of hydrogen-bond donors (Lipinski definition) is 4. The lowest BCUT2D eigenvalue weighted by Gasteiger charge is -2.18. The molecule has 0 spiro atoms. The average molecular weight is 569 g/mol. The van der Waals surface area contributed by atoms with E-state index in [4.69, 9.17) is 15.6 Å². The smallest absolute Gasteiger partial charge is 0.475 e. The van der Waals surface area contributed by atoms with E-state index in [1.165, 1.54) is 11.1 Å². The van der Waals surface area contributed by atoms with E-state index in [1.807, 2.05) is 18.2 Å². The molecule has 2 amide bonds. The van der Waals surface area contributed by atoms with Crippen LogP contribution in [-0.2, 0) is 22.7 Å². The van der Waals surface area contributed by atoms with Crippen LogP contribution in [0.15, 0.2) is 78.5 Å². The van der Waals surface area contributed by atoms with Gasteiger partial charge in [0.05, 0.1) is 5.57 Å². The predicted molar refractivity (Wildman–Crippen MR) is 151 cm³/mol. The zero-order valence-corrected chi connectivity index (χ0v) is 22.6. The zero-order valence-electron chi connectivity index (χ0n) is 22.6. The molecule has 8 nitrogen and oxygen atoms in total. The van der Waals surface area contributed by atoms with E-state index in [0.29, 0.717) is 16.8 Å². The van der Waals surface area contributed by atoms with Crippen LogP contribution in [0.2, 0.25) is 0 Å². The fourth-order valence-corrected chi connectivity index (χ4v) is 4.26. The van der Waals surface area contributed by atoms with Gasteiger partial charge in [-0.05, 0) is 48.9 Å². The van der Waals surface area contributed by atoms with E-state index in [0.717, 1.165) is 42.9 Å². The van der Waals surface area contributed by atoms with Crippen molar-refractivity contribution in [3.8, 4) is 0 Å². The van der Waals surface area contributed by atoms with Crippen LogP contribution >= 0.6 is 0 Å². The lowest BCUT2D eigenvalue weighted by atomic mass is 10.0. The normalized spacial score (nSPS) is 13.6. The molecule has 3 aromatic rings. The van der Waals surface area contributed by atoms with Crippen LogP contribution in [0.25, 0.3) is 5.57 Å². The van der Waals surface area contributed by atoms with Gasteiger partial charge in [-0.2, -0.15) is 13.2 Å². The topological polar surface area (TPSA) is 125 Å². The van der Waals surface area contributed by atoms with Crippen molar-refractivity contribution in [1.29, 1.82) is 0 Å². The van der Waals surface area contributed by atoms with Gasteiger partial charge in [0.25, 0.3) is 5.91 Å². The van der Waals surface area contributed by atoms with Crippen molar-refractivity contribution < 1.29 is 32.7 Å². The van der Waals surface area contributed by atoms with Gasteiger partial charge in [-0.25, -0.2) is 4.79 Å². The molecule has 3 aromatic carbocycles. The number of halogens is 3. The fraction of sp³-hybridized carbons (Fsp3) is 0.233. The van der Waals surface area contributed by atoms with Crippen molar-refractivity contribution in [3.63, 3.8) is 0 Å². The summed E-state index contributed by atoms with van der Waals surface area (Å²) in [4.78, 5) is 35.5. The Morgan fingerprint density at radius 3 is 2.10 bits per heavy atom. The number of hydrogen-bond acceptors (Lipinski definition) is 5. The van der Waals surface area contributed by atoms with Crippen LogP contribution in [-0.4, -0.2) is 41.0 Å². The molecule has 0 bridgehead atoms. The van der Waals surface area contributed by atoms with Crippen LogP contribution < -0.4 is 16.4 Å². The number of alkyl halides is 3. The Bertz CT molecular complexity index is 1420. The van der Waals surface area contributed by atoms with E-state index < -0.39 is 18.1 Å². The minimum absolute atomic E-state index is 0.174. The Morgan fingerprint density at radius 2 is 1.56 bits per heavy atom. The number of aliphatic carboxylic acids is 1. The molecule has 0 saturated carbocycles. The van der Waals surface area contributed by atoms with Crippen LogP contribution in [0, 0.1) is 0 Å². The van der Waals surface area contributed by atoms with Gasteiger partial charge in [0.1, 0.15) is 0 Å². The van der Waals surface area contributed by atoms with Crippen molar-refractivity contribution in [1.82, 2.24) is 4.90 Å². The molecule has 1 aliphatic rings. The number of rotatable bonds is 9. The molecule has 11 heteroatoms. The maximum absolute atomic E-state index is 12.8. The number of allylic oxidation sites excluding steroid dienone is 1. The molecule has 0 fully saturated rings. The Hall–Kier alpha value is -4.64. The third-order valence-electron chi connectivity index (χ3n) is 6.09. The molecule has 4 rings (SSSR count). The standard InChI is InChI=1S/C28H30N4O2.C2HF3O2/c1-3-7-24(26-23-15-12-21(27(29)33)16-25(23)31-28(26)34)30-22-13-10-20(11-14-22)18-32(2)17-19-8-5-4-6-9-19;3-2(4,5)1(6)7/h4-6,8-16,30H,3,7,17-18H2,1-2H3,(H2,29,33)(H,31,34);(H,6,7)/b26-24-;. The number of amides is 2. The first-order valence-electron chi connectivity index (χ1n) is 12.8. The summed E-state index contributed by atoms with van der Waals surface area (Å²) in [6.07, 6.45) is -3.47. The molecule has 0 aliphatic carbocycles. The first-order valence-corrected chi connectivity index (χ1v) is 12.8. The van der Waals surface area contributed by atoms with E-state index in [2.05, 4.69) is 65.9 Å². The third-order valence-corrected chi connectivity index (χ3v) is 6.09. The Morgan fingerprint density at radius 1 is 0.976 bits per heavy atom. The minimum atomic E-state index is -5.08. The van der Waals surface area contributed by atoms with E-state index in [1.54, 1.807) is 18.2 Å². The number of carboxylic acids is 1. The number of fused-ring (bicyclic) bond motifs is 1. The zero-order chi connectivity index (χ0) is 30.2. The maximum Gasteiger partial charge on any atom is 0.490 e. The summed E-state index contributed by atoms with van der Waals surface area (Å²) in [5.74, 6) is -3.45. The summed E-state index contributed by atoms with van der Waals surface area (Å²) in [6, 6.07) is 23.8. The summed E-state index contributed by atoms with van der Waals surface area (Å²) >= 11 is 0. The highest BCUT2D eigenvalue weighted by Gasteiger charge is 2.38. The van der Waals surface area contributed by atoms with E-state index in [9.17, 15) is 22.8 Å². The lowest BCUT2D eigenvalue weighted by Crippen LogP contribution is -2.21. The van der Waals surface area contributed by atoms with E-state index >= 15 is 0 Å². The molecule has 0 unspecified atom stereocenters. The highest BCUT2D eigenvalue weighted by molar-refractivity contribution is 6.32. The van der Waals surface area contributed by atoms with Gasteiger partial charge in [-0.1, -0.05) is 61.9 Å². The Labute approximate surface area is 235 Å². The van der Waals surface area contributed by atoms with Gasteiger partial charge in [0.2, 0.25) is 5.91 Å². The first kappa shape index (κ1) is 30.9. The van der Waals surface area contributed by atoms with Crippen molar-refractivity contribution in [2.45, 2.75) is 39.0 Å². The molecular weight excluding hydrogens is 537 g/mol. The quantitative estimate of drug-likeness (QED) is 0.248. The third kappa shape index (κ3) is 8.67. The van der Waals surface area contributed by atoms with Gasteiger partial charge in [-0.3, -0.25) is 14.5 Å². The van der Waals surface area contributed by atoms with Gasteiger partial charge < -0.3 is 21.5 Å². The molecule has 0 radical (unpaired) electrons. The summed E-state index contributed by atoms with van der Waals surface area (Å²) in [5.41, 5.74) is 12.1. The highest BCUT2D eigenvalue weighted by Crippen LogP contribution is 2.36. The number of carbonyl (C=O) groups is 3. The van der Waals surface area contributed by atoms with Crippen LogP contribution in [0.5, 0.6) is 0 Å². The number of carbonyl (C=O) groups excluding carboxylic acids is 2. The first-order chi connectivity index (χ1) is 19.4. The molecule has 5 N–H and O–H groups in total. The summed E-state index contributed by atoms with van der Waals surface area (Å²) < 4.78 is 31.7. The van der Waals surface area contributed by atoms with Gasteiger partial charge >= 0.3 is 12.1 Å². The SMILES string of the molecule is CCC/C(Nc1ccc(CN(C)Cc2ccccc2)cc1)=C1/C(=O)Nc2cc(C(N)=O)ccc21.O=C(O)C(F)(F)F. The molecule has 0 atom stereocenters. The second-order valence-electron chi connectivity index (χ2n) is 9.47. The number of nitrogens with zero attached hydrogens (tertiary/aromatic N) is 1. The average Bonchev–Trinajstić information content (AvgIpc) is 3.24. The number of carboxylic acid groups (broad SMARTS) is 1. The van der Waals surface area contributed by atoms with Gasteiger partial charge in [0.15, 0.2) is 0 Å². The number of nitrogens with one attached hydrogen (secondary N) is 2. The second-order valence-corrected chi connectivity index (χ2v) is 9.47.